The van der Waals surface area contributed by atoms with E-state index >= 15 is 0 Å². The highest BCUT2D eigenvalue weighted by Crippen LogP contribution is 2.19. The van der Waals surface area contributed by atoms with Crippen LogP contribution in [0.3, 0.4) is 0 Å². The summed E-state index contributed by atoms with van der Waals surface area (Å²) in [6.07, 6.45) is 0. The summed E-state index contributed by atoms with van der Waals surface area (Å²) in [5.41, 5.74) is 0.696. The maximum atomic E-state index is 12.0. The van der Waals surface area contributed by atoms with Gasteiger partial charge in [0.1, 0.15) is 5.82 Å². The van der Waals surface area contributed by atoms with Crippen molar-refractivity contribution >= 4 is 33.5 Å². The lowest BCUT2D eigenvalue weighted by Gasteiger charge is -1.99. The van der Waals surface area contributed by atoms with Gasteiger partial charge in [0, 0.05) is 16.0 Å². The number of halogens is 1. The van der Waals surface area contributed by atoms with Gasteiger partial charge in [0.05, 0.1) is 5.75 Å². The Bertz CT molecular complexity index is 583. The zero-order valence-electron chi connectivity index (χ0n) is 10.7. The summed E-state index contributed by atoms with van der Waals surface area (Å²) >= 11 is 4.71. The number of thioether (sulfide) groups is 1. The molecule has 2 rings (SSSR count). The summed E-state index contributed by atoms with van der Waals surface area (Å²) in [6, 6.07) is 7.38. The number of nitrogens with one attached hydrogen (secondary N) is 1. The van der Waals surface area contributed by atoms with Gasteiger partial charge in [-0.3, -0.25) is 9.89 Å². The fraction of sp³-hybridized carbons (Fsp3) is 0.308. The molecule has 19 heavy (non-hydrogen) atoms. The minimum absolute atomic E-state index is 0.0715. The van der Waals surface area contributed by atoms with Gasteiger partial charge in [-0.15, -0.1) is 5.10 Å². The van der Waals surface area contributed by atoms with Gasteiger partial charge >= 0.3 is 0 Å². The number of carbonyl (C=O) groups is 1. The third-order valence-corrected chi connectivity index (χ3v) is 3.85. The van der Waals surface area contributed by atoms with Crippen LogP contribution < -0.4 is 0 Å². The molecule has 0 spiro atoms. The monoisotopic (exact) mass is 339 g/mol. The van der Waals surface area contributed by atoms with Gasteiger partial charge in [0.25, 0.3) is 0 Å². The molecule has 1 aromatic carbocycles. The Kier molecular flexibility index (Phi) is 4.76. The van der Waals surface area contributed by atoms with E-state index in [2.05, 4.69) is 31.1 Å². The normalized spacial score (nSPS) is 10.9. The van der Waals surface area contributed by atoms with E-state index in [0.717, 1.165) is 10.3 Å². The van der Waals surface area contributed by atoms with E-state index in [1.807, 2.05) is 38.1 Å². The smallest absolute Gasteiger partial charge is 0.208 e. The maximum Gasteiger partial charge on any atom is 0.208 e. The zero-order valence-corrected chi connectivity index (χ0v) is 13.1. The van der Waals surface area contributed by atoms with Crippen LogP contribution in [-0.2, 0) is 0 Å². The third-order valence-electron chi connectivity index (χ3n) is 2.51. The molecular weight excluding hydrogens is 326 g/mol. The third kappa shape index (κ3) is 3.91. The van der Waals surface area contributed by atoms with E-state index in [4.69, 9.17) is 0 Å². The van der Waals surface area contributed by atoms with Gasteiger partial charge in [0.2, 0.25) is 5.16 Å². The number of nitrogens with zero attached hydrogens (tertiary/aromatic N) is 2. The van der Waals surface area contributed by atoms with Crippen molar-refractivity contribution in [3.05, 3.63) is 40.1 Å². The zero-order chi connectivity index (χ0) is 13.8. The molecule has 0 radical (unpaired) electrons. The lowest BCUT2D eigenvalue weighted by atomic mass is 10.2. The summed E-state index contributed by atoms with van der Waals surface area (Å²) in [6.45, 7) is 4.09. The van der Waals surface area contributed by atoms with E-state index in [9.17, 15) is 4.79 Å². The highest BCUT2D eigenvalue weighted by molar-refractivity contribution is 9.10. The van der Waals surface area contributed by atoms with Crippen LogP contribution in [0, 0.1) is 0 Å². The van der Waals surface area contributed by atoms with Gasteiger partial charge in [-0.2, -0.15) is 0 Å². The van der Waals surface area contributed by atoms with Gasteiger partial charge in [-0.05, 0) is 12.1 Å². The highest BCUT2D eigenvalue weighted by Gasteiger charge is 2.11. The summed E-state index contributed by atoms with van der Waals surface area (Å²) in [7, 11) is 0. The first-order valence-corrected chi connectivity index (χ1v) is 7.68. The van der Waals surface area contributed by atoms with Crippen LogP contribution >= 0.6 is 27.7 Å². The predicted molar refractivity (Wildman–Crippen MR) is 79.7 cm³/mol. The second-order valence-corrected chi connectivity index (χ2v) is 6.24. The molecule has 0 aliphatic heterocycles. The van der Waals surface area contributed by atoms with Gasteiger partial charge < -0.3 is 0 Å². The van der Waals surface area contributed by atoms with Gasteiger partial charge in [0.15, 0.2) is 5.78 Å². The Balaban J connectivity index is 1.96. The quantitative estimate of drug-likeness (QED) is 0.667. The average molecular weight is 340 g/mol. The molecule has 0 bridgehead atoms. The van der Waals surface area contributed by atoms with E-state index in [-0.39, 0.29) is 5.78 Å². The van der Waals surface area contributed by atoms with Crippen molar-refractivity contribution in [3.8, 4) is 0 Å². The minimum Gasteiger partial charge on any atom is -0.293 e. The Morgan fingerprint density at radius 1 is 1.47 bits per heavy atom. The maximum absolute atomic E-state index is 12.0. The van der Waals surface area contributed by atoms with E-state index in [0.29, 0.717) is 22.4 Å². The summed E-state index contributed by atoms with van der Waals surface area (Å²) in [5, 5.41) is 7.58. The second-order valence-electron chi connectivity index (χ2n) is 4.38. The van der Waals surface area contributed by atoms with E-state index in [1.54, 1.807) is 0 Å². The fourth-order valence-electron chi connectivity index (χ4n) is 1.46. The second kappa shape index (κ2) is 6.34. The van der Waals surface area contributed by atoms with E-state index < -0.39 is 0 Å². The Morgan fingerprint density at radius 2 is 2.26 bits per heavy atom. The van der Waals surface area contributed by atoms with Crippen LogP contribution in [0.5, 0.6) is 0 Å². The van der Waals surface area contributed by atoms with Crippen molar-refractivity contribution in [2.45, 2.75) is 24.9 Å². The molecule has 4 nitrogen and oxygen atoms in total. The number of benzene rings is 1. The number of ketones is 1. The Morgan fingerprint density at radius 3 is 2.89 bits per heavy atom. The van der Waals surface area contributed by atoms with Crippen LogP contribution in [-0.4, -0.2) is 26.7 Å². The van der Waals surface area contributed by atoms with Crippen LogP contribution in [0.1, 0.15) is 35.9 Å². The number of Topliss-reactive ketones (excluding diaryl/α,β-unsaturated/α-hetero) is 1. The fourth-order valence-corrected chi connectivity index (χ4v) is 2.56. The van der Waals surface area contributed by atoms with Crippen molar-refractivity contribution in [1.82, 2.24) is 15.2 Å². The Hall–Kier alpha value is -1.14. The van der Waals surface area contributed by atoms with E-state index in [1.165, 1.54) is 11.8 Å². The van der Waals surface area contributed by atoms with Crippen molar-refractivity contribution in [2.24, 2.45) is 0 Å². The van der Waals surface area contributed by atoms with Gasteiger partial charge in [-0.25, -0.2) is 4.98 Å². The number of rotatable bonds is 5. The van der Waals surface area contributed by atoms with Crippen LogP contribution in [0.25, 0.3) is 0 Å². The SMILES string of the molecule is CC(C)c1nc(SCC(=O)c2cccc(Br)c2)n[nH]1. The molecule has 100 valence electrons. The van der Waals surface area contributed by atoms with Gasteiger partial charge in [-0.1, -0.05) is 53.7 Å². The number of aromatic amines is 1. The molecule has 6 heteroatoms. The molecule has 1 aromatic heterocycles. The number of aromatic nitrogens is 3. The summed E-state index contributed by atoms with van der Waals surface area (Å²) in [5.74, 6) is 1.56. The minimum atomic E-state index is 0.0715. The summed E-state index contributed by atoms with van der Waals surface area (Å²) < 4.78 is 0.906. The lowest BCUT2D eigenvalue weighted by Crippen LogP contribution is -2.02. The number of hydrogen-bond acceptors (Lipinski definition) is 4. The number of carbonyl (C=O) groups excluding carboxylic acids is 1. The molecule has 0 atom stereocenters. The first-order chi connectivity index (χ1) is 9.06. The van der Waals surface area contributed by atoms with Crippen LogP contribution in [0.4, 0.5) is 0 Å². The topological polar surface area (TPSA) is 58.6 Å². The van der Waals surface area contributed by atoms with Crippen molar-refractivity contribution in [3.63, 3.8) is 0 Å². The Labute approximate surface area is 124 Å². The molecule has 1 N–H and O–H groups in total. The molecule has 0 aliphatic rings. The molecule has 2 aromatic rings. The summed E-state index contributed by atoms with van der Waals surface area (Å²) in [4.78, 5) is 16.3. The number of H-pyrrole nitrogens is 1. The number of hydrogen-bond donors (Lipinski definition) is 1. The molecule has 0 aliphatic carbocycles. The van der Waals surface area contributed by atoms with Crippen molar-refractivity contribution < 1.29 is 4.79 Å². The van der Waals surface area contributed by atoms with Crippen LogP contribution in [0.15, 0.2) is 33.9 Å². The van der Waals surface area contributed by atoms with Crippen molar-refractivity contribution in [2.75, 3.05) is 5.75 Å². The predicted octanol–water partition coefficient (Wildman–Crippen LogP) is 3.67. The first kappa shape index (κ1) is 14.3. The molecule has 0 fully saturated rings. The standard InChI is InChI=1S/C13H14BrN3OS/c1-8(2)12-15-13(17-16-12)19-7-11(18)9-4-3-5-10(14)6-9/h3-6,8H,7H2,1-2H3,(H,15,16,17). The molecule has 0 saturated carbocycles. The van der Waals surface area contributed by atoms with Crippen molar-refractivity contribution in [1.29, 1.82) is 0 Å². The highest BCUT2D eigenvalue weighted by atomic mass is 79.9. The van der Waals surface area contributed by atoms with Crippen LogP contribution in [0.2, 0.25) is 0 Å². The molecule has 0 saturated heterocycles. The average Bonchev–Trinajstić information content (AvgIpc) is 2.85. The molecular formula is C13H14BrN3OS. The largest absolute Gasteiger partial charge is 0.293 e. The molecule has 1 heterocycles. The first-order valence-electron chi connectivity index (χ1n) is 5.90. The lowest BCUT2D eigenvalue weighted by molar-refractivity contribution is 0.102. The molecule has 0 unspecified atom stereocenters. The molecule has 0 amide bonds.